The van der Waals surface area contributed by atoms with Gasteiger partial charge in [0.1, 0.15) is 18.7 Å². The Morgan fingerprint density at radius 1 is 0.879 bits per heavy atom. The molecule has 33 heavy (non-hydrogen) atoms. The second kappa shape index (κ2) is 11.6. The predicted molar refractivity (Wildman–Crippen MR) is 122 cm³/mol. The van der Waals surface area contributed by atoms with E-state index in [1.165, 1.54) is 7.11 Å². The molecule has 0 aliphatic heterocycles. The summed E-state index contributed by atoms with van der Waals surface area (Å²) in [6, 6.07) is 20.1. The summed E-state index contributed by atoms with van der Waals surface area (Å²) in [5.74, 6) is -1.37. The van der Waals surface area contributed by atoms with Crippen molar-refractivity contribution in [2.24, 2.45) is 0 Å². The number of rotatable bonds is 9. The molecule has 0 aromatic heterocycles. The van der Waals surface area contributed by atoms with Crippen LogP contribution in [0.1, 0.15) is 11.1 Å². The highest BCUT2D eigenvalue weighted by Crippen LogP contribution is 2.20. The lowest BCUT2D eigenvalue weighted by molar-refractivity contribution is -0.145. The number of nitrogens with one attached hydrogen (secondary N) is 2. The lowest BCUT2D eigenvalue weighted by atomic mass is 9.98. The third-order valence-corrected chi connectivity index (χ3v) is 5.11. The second-order valence-electron chi connectivity index (χ2n) is 7.37. The van der Waals surface area contributed by atoms with Gasteiger partial charge in [0.05, 0.1) is 13.7 Å². The number of aliphatic hydroxyl groups is 1. The number of benzene rings is 3. The highest BCUT2D eigenvalue weighted by atomic mass is 16.5. The maximum Gasteiger partial charge on any atom is 0.408 e. The van der Waals surface area contributed by atoms with Crippen LogP contribution in [0.3, 0.4) is 0 Å². The zero-order valence-electron chi connectivity index (χ0n) is 18.2. The molecule has 0 spiro atoms. The molecule has 3 N–H and O–H groups in total. The lowest BCUT2D eigenvalue weighted by Gasteiger charge is -2.21. The highest BCUT2D eigenvalue weighted by Gasteiger charge is 2.28. The largest absolute Gasteiger partial charge is 0.467 e. The van der Waals surface area contributed by atoms with Crippen LogP contribution in [0.2, 0.25) is 0 Å². The molecule has 3 aromatic rings. The van der Waals surface area contributed by atoms with Crippen molar-refractivity contribution >= 4 is 28.7 Å². The molecule has 0 aliphatic rings. The molecule has 0 unspecified atom stereocenters. The van der Waals surface area contributed by atoms with Gasteiger partial charge in [0, 0.05) is 6.42 Å². The molecule has 0 saturated carbocycles. The van der Waals surface area contributed by atoms with E-state index >= 15 is 0 Å². The number of ether oxygens (including phenoxy) is 2. The minimum atomic E-state index is -1.30. The molecule has 0 heterocycles. The molecule has 0 saturated heterocycles. The molecule has 0 fully saturated rings. The SMILES string of the molecule is COC(=O)[C@H](Cc1cccc2ccccc12)NC(=O)[C@H](CO)NC(=O)OCc1ccccc1. The number of esters is 1. The van der Waals surface area contributed by atoms with Gasteiger partial charge in [0.25, 0.3) is 0 Å². The van der Waals surface area contributed by atoms with Gasteiger partial charge >= 0.3 is 12.1 Å². The summed E-state index contributed by atoms with van der Waals surface area (Å²) >= 11 is 0. The Bertz CT molecular complexity index is 1100. The van der Waals surface area contributed by atoms with Crippen LogP contribution in [0, 0.1) is 0 Å². The van der Waals surface area contributed by atoms with Crippen LogP contribution in [0.5, 0.6) is 0 Å². The van der Waals surface area contributed by atoms with Crippen molar-refractivity contribution in [2.75, 3.05) is 13.7 Å². The van der Waals surface area contributed by atoms with E-state index in [4.69, 9.17) is 9.47 Å². The zero-order chi connectivity index (χ0) is 23.6. The first kappa shape index (κ1) is 23.7. The van der Waals surface area contributed by atoms with Gasteiger partial charge in [-0.15, -0.1) is 0 Å². The monoisotopic (exact) mass is 450 g/mol. The van der Waals surface area contributed by atoms with E-state index in [9.17, 15) is 19.5 Å². The topological polar surface area (TPSA) is 114 Å². The molecule has 0 bridgehead atoms. The zero-order valence-corrected chi connectivity index (χ0v) is 18.2. The van der Waals surface area contributed by atoms with Gasteiger partial charge in [0.2, 0.25) is 5.91 Å². The Kier molecular flexibility index (Phi) is 8.37. The summed E-state index contributed by atoms with van der Waals surface area (Å²) in [4.78, 5) is 37.2. The standard InChI is InChI=1S/C25H26N2O6/c1-32-24(30)21(14-19-12-7-11-18-10-5-6-13-20(18)19)26-23(29)22(15-28)27-25(31)33-16-17-8-3-2-4-9-17/h2-13,21-22,28H,14-16H2,1H3,(H,26,29)(H,27,31)/t21-,22-/m0/s1. The van der Waals surface area contributed by atoms with E-state index in [1.807, 2.05) is 60.7 Å². The fourth-order valence-corrected chi connectivity index (χ4v) is 3.40. The first-order chi connectivity index (χ1) is 16.0. The number of methoxy groups -OCH3 is 1. The molecule has 2 atom stereocenters. The average molecular weight is 450 g/mol. The minimum absolute atomic E-state index is 0.0122. The van der Waals surface area contributed by atoms with Crippen molar-refractivity contribution in [1.29, 1.82) is 0 Å². The van der Waals surface area contributed by atoms with Gasteiger partial charge < -0.3 is 25.2 Å². The van der Waals surface area contributed by atoms with Crippen molar-refractivity contribution in [1.82, 2.24) is 10.6 Å². The van der Waals surface area contributed by atoms with Gasteiger partial charge in [-0.3, -0.25) is 4.79 Å². The summed E-state index contributed by atoms with van der Waals surface area (Å²) in [7, 11) is 1.23. The van der Waals surface area contributed by atoms with E-state index in [1.54, 1.807) is 12.1 Å². The van der Waals surface area contributed by atoms with Crippen LogP contribution >= 0.6 is 0 Å². The summed E-state index contributed by atoms with van der Waals surface area (Å²) in [5.41, 5.74) is 1.62. The normalized spacial score (nSPS) is 12.4. The fourth-order valence-electron chi connectivity index (χ4n) is 3.40. The van der Waals surface area contributed by atoms with Crippen LogP contribution in [-0.2, 0) is 32.1 Å². The summed E-state index contributed by atoms with van der Waals surface area (Å²) in [6.45, 7) is -0.660. The summed E-state index contributed by atoms with van der Waals surface area (Å²) in [5, 5.41) is 16.5. The van der Waals surface area contributed by atoms with Crippen LogP contribution in [0.15, 0.2) is 72.8 Å². The smallest absolute Gasteiger partial charge is 0.408 e. The van der Waals surface area contributed by atoms with Crippen molar-refractivity contribution in [2.45, 2.75) is 25.1 Å². The predicted octanol–water partition coefficient (Wildman–Crippen LogP) is 2.33. The van der Waals surface area contributed by atoms with E-state index in [2.05, 4.69) is 10.6 Å². The van der Waals surface area contributed by atoms with Gasteiger partial charge in [-0.25, -0.2) is 9.59 Å². The average Bonchev–Trinajstić information content (AvgIpc) is 2.85. The second-order valence-corrected chi connectivity index (χ2v) is 7.37. The summed E-state index contributed by atoms with van der Waals surface area (Å²) in [6.07, 6.45) is -0.687. The Labute approximate surface area is 191 Å². The van der Waals surface area contributed by atoms with Crippen LogP contribution < -0.4 is 10.6 Å². The Hall–Kier alpha value is -3.91. The van der Waals surface area contributed by atoms with E-state index in [0.29, 0.717) is 0 Å². The number of carbonyl (C=O) groups is 3. The first-order valence-electron chi connectivity index (χ1n) is 10.4. The Balaban J connectivity index is 1.65. The van der Waals surface area contributed by atoms with Gasteiger partial charge in [-0.05, 0) is 21.9 Å². The molecule has 3 aromatic carbocycles. The van der Waals surface area contributed by atoms with Gasteiger partial charge in [0.15, 0.2) is 0 Å². The maximum absolute atomic E-state index is 12.7. The van der Waals surface area contributed by atoms with E-state index in [-0.39, 0.29) is 13.0 Å². The fraction of sp³-hybridized carbons (Fsp3) is 0.240. The van der Waals surface area contributed by atoms with Crippen molar-refractivity contribution in [3.05, 3.63) is 83.9 Å². The van der Waals surface area contributed by atoms with Crippen LogP contribution in [0.4, 0.5) is 4.79 Å². The molecule has 0 radical (unpaired) electrons. The molecule has 172 valence electrons. The third-order valence-electron chi connectivity index (χ3n) is 5.11. The molecule has 8 heteroatoms. The molecular weight excluding hydrogens is 424 g/mol. The lowest BCUT2D eigenvalue weighted by Crippen LogP contribution is -2.54. The molecule has 8 nitrogen and oxygen atoms in total. The highest BCUT2D eigenvalue weighted by molar-refractivity contribution is 5.91. The quantitative estimate of drug-likeness (QED) is 0.431. The van der Waals surface area contributed by atoms with Crippen molar-refractivity contribution in [3.8, 4) is 0 Å². The first-order valence-corrected chi connectivity index (χ1v) is 10.4. The Morgan fingerprint density at radius 3 is 2.30 bits per heavy atom. The molecular formula is C25H26N2O6. The molecule has 3 rings (SSSR count). The minimum Gasteiger partial charge on any atom is -0.467 e. The molecule has 0 aliphatic carbocycles. The maximum atomic E-state index is 12.7. The van der Waals surface area contributed by atoms with E-state index < -0.39 is 36.7 Å². The number of alkyl carbamates (subject to hydrolysis) is 1. The van der Waals surface area contributed by atoms with Crippen LogP contribution in [-0.4, -0.2) is 48.9 Å². The van der Waals surface area contributed by atoms with Crippen LogP contribution in [0.25, 0.3) is 10.8 Å². The van der Waals surface area contributed by atoms with Crippen molar-refractivity contribution in [3.63, 3.8) is 0 Å². The number of aliphatic hydroxyl groups excluding tert-OH is 1. The number of carbonyl (C=O) groups excluding carboxylic acids is 3. The number of hydrogen-bond donors (Lipinski definition) is 3. The molecule has 2 amide bonds. The van der Waals surface area contributed by atoms with E-state index in [0.717, 1.165) is 21.9 Å². The van der Waals surface area contributed by atoms with Gasteiger partial charge in [-0.2, -0.15) is 0 Å². The van der Waals surface area contributed by atoms with Crippen molar-refractivity contribution < 1.29 is 29.0 Å². The number of hydrogen-bond acceptors (Lipinski definition) is 6. The third kappa shape index (κ3) is 6.54. The number of amides is 2. The number of fused-ring (bicyclic) bond motifs is 1. The Morgan fingerprint density at radius 2 is 1.58 bits per heavy atom. The summed E-state index contributed by atoms with van der Waals surface area (Å²) < 4.78 is 9.95. The van der Waals surface area contributed by atoms with Gasteiger partial charge in [-0.1, -0.05) is 72.8 Å².